The summed E-state index contributed by atoms with van der Waals surface area (Å²) in [6.07, 6.45) is 1.93. The number of carbonyl (C=O) groups is 2. The summed E-state index contributed by atoms with van der Waals surface area (Å²) in [4.78, 5) is 32.8. The van der Waals surface area contributed by atoms with Gasteiger partial charge in [0.1, 0.15) is 0 Å². The molecule has 2 heterocycles. The topological polar surface area (TPSA) is 81.2 Å². The van der Waals surface area contributed by atoms with Gasteiger partial charge in [-0.3, -0.25) is 4.79 Å². The molecule has 32 heavy (non-hydrogen) atoms. The Bertz CT molecular complexity index is 1300. The molecule has 2 aromatic heterocycles. The second kappa shape index (κ2) is 9.69. The van der Waals surface area contributed by atoms with Crippen LogP contribution < -0.4 is 5.32 Å². The summed E-state index contributed by atoms with van der Waals surface area (Å²) in [5.74, 6) is 0.469. The molecule has 0 saturated carbocycles. The Labute approximate surface area is 196 Å². The average molecular weight is 510 g/mol. The van der Waals surface area contributed by atoms with E-state index in [0.29, 0.717) is 23.1 Å². The summed E-state index contributed by atoms with van der Waals surface area (Å²) in [5.41, 5.74) is 3.23. The van der Waals surface area contributed by atoms with Crippen molar-refractivity contribution in [3.8, 4) is 11.3 Å². The van der Waals surface area contributed by atoms with Gasteiger partial charge in [-0.05, 0) is 6.92 Å². The molecule has 0 atom stereocenters. The third kappa shape index (κ3) is 4.93. The van der Waals surface area contributed by atoms with Crippen molar-refractivity contribution in [2.24, 2.45) is 0 Å². The fraction of sp³-hybridized carbons (Fsp3) is 0.167. The standard InChI is InChI=1S/C24H21N3O3SSe/c1-4-30-23(29)21-12-17-11-18(9-10-20(17)32-21)25-22-13-19(26-24(27-22)31-3)16-7-5-15(6-8-16)14(2)28/h5-13H,4H2,1-3H3,(H,25,26,27). The molecule has 162 valence electrons. The van der Waals surface area contributed by atoms with Crippen LogP contribution in [-0.2, 0) is 4.74 Å². The molecule has 6 nitrogen and oxygen atoms in total. The Kier molecular flexibility index (Phi) is 6.74. The molecule has 0 aliphatic rings. The molecule has 0 spiro atoms. The van der Waals surface area contributed by atoms with Crippen LogP contribution in [0.2, 0.25) is 0 Å². The number of carbonyl (C=O) groups excluding carboxylic acids is 2. The first-order chi connectivity index (χ1) is 15.5. The van der Waals surface area contributed by atoms with Crippen molar-refractivity contribution in [3.05, 3.63) is 64.6 Å². The molecule has 0 saturated heterocycles. The van der Waals surface area contributed by atoms with Crippen molar-refractivity contribution in [1.29, 1.82) is 0 Å². The summed E-state index contributed by atoms with van der Waals surface area (Å²) in [6.45, 7) is 3.74. The molecule has 4 rings (SSSR count). The second-order valence-electron chi connectivity index (χ2n) is 6.97. The van der Waals surface area contributed by atoms with Gasteiger partial charge in [0.15, 0.2) is 5.78 Å². The number of Topliss-reactive ketones (excluding diaryl/α,β-unsaturated/α-hetero) is 1. The van der Waals surface area contributed by atoms with Crippen LogP contribution in [0.25, 0.3) is 20.9 Å². The monoisotopic (exact) mass is 511 g/mol. The van der Waals surface area contributed by atoms with Crippen LogP contribution in [0.15, 0.2) is 59.8 Å². The third-order valence-corrected chi connectivity index (χ3v) is 7.59. The molecule has 4 aromatic rings. The van der Waals surface area contributed by atoms with E-state index < -0.39 is 0 Å². The first kappa shape index (κ1) is 22.3. The maximum atomic E-state index is 12.1. The SMILES string of the molecule is CCOC(=O)c1cc2cc(Nc3cc(-c4ccc(C(C)=O)cc4)nc(SC)n3)ccc2[se]1. The van der Waals surface area contributed by atoms with E-state index in [0.717, 1.165) is 31.0 Å². The van der Waals surface area contributed by atoms with E-state index in [1.807, 2.05) is 55.6 Å². The number of esters is 1. The number of nitrogens with zero attached hydrogens (tertiary/aromatic N) is 2. The van der Waals surface area contributed by atoms with Crippen molar-refractivity contribution >= 4 is 59.2 Å². The minimum atomic E-state index is -0.237. The van der Waals surface area contributed by atoms with Gasteiger partial charge >= 0.3 is 179 Å². The number of nitrogens with one attached hydrogen (secondary N) is 1. The third-order valence-electron chi connectivity index (χ3n) is 4.74. The molecule has 2 aromatic carbocycles. The van der Waals surface area contributed by atoms with E-state index in [9.17, 15) is 9.59 Å². The normalized spacial score (nSPS) is 10.8. The number of aromatic nitrogens is 2. The van der Waals surface area contributed by atoms with Crippen molar-refractivity contribution in [3.63, 3.8) is 0 Å². The van der Waals surface area contributed by atoms with Crippen LogP contribution in [0.5, 0.6) is 0 Å². The number of anilines is 2. The number of rotatable bonds is 7. The molecule has 0 aliphatic carbocycles. The van der Waals surface area contributed by atoms with Crippen molar-refractivity contribution in [1.82, 2.24) is 9.97 Å². The van der Waals surface area contributed by atoms with Crippen LogP contribution in [0.3, 0.4) is 0 Å². The molecule has 0 aliphatic heterocycles. The number of thioether (sulfide) groups is 1. The molecule has 0 fully saturated rings. The van der Waals surface area contributed by atoms with Gasteiger partial charge in [-0.1, -0.05) is 0 Å². The van der Waals surface area contributed by atoms with Crippen molar-refractivity contribution in [2.75, 3.05) is 18.2 Å². The second-order valence-corrected chi connectivity index (χ2v) is 10.0. The minimum absolute atomic E-state index is 0.0320. The number of ether oxygens (including phenoxy) is 1. The summed E-state index contributed by atoms with van der Waals surface area (Å²) in [5, 5.41) is 5.03. The zero-order chi connectivity index (χ0) is 22.7. The van der Waals surface area contributed by atoms with Gasteiger partial charge in [0.2, 0.25) is 0 Å². The number of ketones is 1. The molecular formula is C24H21N3O3SSe. The zero-order valence-electron chi connectivity index (χ0n) is 17.8. The van der Waals surface area contributed by atoms with Crippen molar-refractivity contribution in [2.45, 2.75) is 19.0 Å². The summed E-state index contributed by atoms with van der Waals surface area (Å²) >= 11 is 1.42. The Balaban J connectivity index is 1.63. The van der Waals surface area contributed by atoms with Crippen LogP contribution in [0, 0.1) is 0 Å². The predicted octanol–water partition coefficient (Wildman–Crippen LogP) is 5.20. The number of hydrogen-bond donors (Lipinski definition) is 1. The number of fused-ring (bicyclic) bond motifs is 1. The van der Waals surface area contributed by atoms with Crippen LogP contribution in [0.4, 0.5) is 11.5 Å². The van der Waals surface area contributed by atoms with Gasteiger partial charge in [0, 0.05) is 0 Å². The molecule has 0 amide bonds. The Morgan fingerprint density at radius 2 is 1.84 bits per heavy atom. The zero-order valence-corrected chi connectivity index (χ0v) is 20.4. The van der Waals surface area contributed by atoms with Gasteiger partial charge in [-0.25, -0.2) is 0 Å². The number of hydrogen-bond acceptors (Lipinski definition) is 7. The van der Waals surface area contributed by atoms with Gasteiger partial charge in [0.05, 0.1) is 0 Å². The van der Waals surface area contributed by atoms with E-state index in [4.69, 9.17) is 4.74 Å². The summed E-state index contributed by atoms with van der Waals surface area (Å²) in [7, 11) is 0. The van der Waals surface area contributed by atoms with E-state index >= 15 is 0 Å². The van der Waals surface area contributed by atoms with Gasteiger partial charge < -0.3 is 0 Å². The van der Waals surface area contributed by atoms with Gasteiger partial charge in [0.25, 0.3) is 0 Å². The Hall–Kier alpha value is -2.93. The van der Waals surface area contributed by atoms with E-state index in [1.54, 1.807) is 19.1 Å². The predicted molar refractivity (Wildman–Crippen MR) is 129 cm³/mol. The Morgan fingerprint density at radius 3 is 2.53 bits per heavy atom. The quantitative estimate of drug-likeness (QED) is 0.120. The first-order valence-electron chi connectivity index (χ1n) is 9.99. The molecular weight excluding hydrogens is 489 g/mol. The fourth-order valence-corrected chi connectivity index (χ4v) is 5.52. The van der Waals surface area contributed by atoms with E-state index in [1.165, 1.54) is 11.8 Å². The molecule has 0 unspecified atom stereocenters. The molecule has 8 heteroatoms. The van der Waals surface area contributed by atoms with Crippen LogP contribution >= 0.6 is 11.8 Å². The molecule has 0 radical (unpaired) electrons. The number of benzene rings is 2. The molecule has 1 N–H and O–H groups in total. The summed E-state index contributed by atoms with van der Waals surface area (Å²) in [6, 6.07) is 17.3. The average Bonchev–Trinajstić information content (AvgIpc) is 3.22. The first-order valence-corrected chi connectivity index (χ1v) is 12.9. The van der Waals surface area contributed by atoms with Gasteiger partial charge in [-0.2, -0.15) is 0 Å². The molecule has 0 bridgehead atoms. The summed E-state index contributed by atoms with van der Waals surface area (Å²) < 4.78 is 7.03. The van der Waals surface area contributed by atoms with E-state index in [2.05, 4.69) is 15.3 Å². The van der Waals surface area contributed by atoms with E-state index in [-0.39, 0.29) is 26.3 Å². The Morgan fingerprint density at radius 1 is 1.06 bits per heavy atom. The maximum absolute atomic E-state index is 12.1. The van der Waals surface area contributed by atoms with Crippen LogP contribution in [0.1, 0.15) is 33.4 Å². The van der Waals surface area contributed by atoms with Crippen molar-refractivity contribution < 1.29 is 14.3 Å². The van der Waals surface area contributed by atoms with Crippen LogP contribution in [-0.4, -0.2) is 49.1 Å². The van der Waals surface area contributed by atoms with Gasteiger partial charge in [-0.15, -0.1) is 0 Å². The fourth-order valence-electron chi connectivity index (χ4n) is 3.18.